The predicted octanol–water partition coefficient (Wildman–Crippen LogP) is 2.94. The lowest BCUT2D eigenvalue weighted by Crippen LogP contribution is -2.11. The van der Waals surface area contributed by atoms with E-state index in [9.17, 15) is 17.2 Å². The zero-order valence-electron chi connectivity index (χ0n) is 9.75. The molecule has 6 heteroatoms. The molecule has 0 fully saturated rings. The Morgan fingerprint density at radius 2 is 1.53 bits per heavy atom. The third-order valence-electron chi connectivity index (χ3n) is 2.69. The Kier molecular flexibility index (Phi) is 3.64. The Bertz CT molecular complexity index is 682. The first-order valence-electron chi connectivity index (χ1n) is 5.40. The molecular weight excluding hydrogens is 272 g/mol. The molecule has 2 aromatic carbocycles. The summed E-state index contributed by atoms with van der Waals surface area (Å²) >= 11 is 0. The molecule has 0 saturated carbocycles. The summed E-state index contributed by atoms with van der Waals surface area (Å²) < 4.78 is 48.0. The highest BCUT2D eigenvalue weighted by Crippen LogP contribution is 2.31. The summed E-state index contributed by atoms with van der Waals surface area (Å²) in [5.74, 6) is 0. The maximum atomic E-state index is 12.9. The number of rotatable bonds is 3. The molecule has 0 aromatic heterocycles. The van der Waals surface area contributed by atoms with E-state index in [-0.39, 0.29) is 10.5 Å². The maximum Gasteiger partial charge on any atom is 0.264 e. The monoisotopic (exact) mass is 283 g/mol. The minimum atomic E-state index is -3.78. The van der Waals surface area contributed by atoms with Crippen molar-refractivity contribution >= 4 is 10.0 Å². The van der Waals surface area contributed by atoms with E-state index in [1.165, 1.54) is 36.4 Å². The number of hydrogen-bond acceptors (Lipinski definition) is 2. The molecule has 0 saturated heterocycles. The van der Waals surface area contributed by atoms with Crippen LogP contribution in [0.4, 0.5) is 8.78 Å². The number of primary sulfonamides is 1. The van der Waals surface area contributed by atoms with Crippen LogP contribution >= 0.6 is 0 Å². The van der Waals surface area contributed by atoms with E-state index < -0.39 is 16.4 Å². The van der Waals surface area contributed by atoms with Gasteiger partial charge in [0, 0.05) is 5.56 Å². The summed E-state index contributed by atoms with van der Waals surface area (Å²) in [6.45, 7) is 0. The minimum absolute atomic E-state index is 0.0502. The van der Waals surface area contributed by atoms with E-state index >= 15 is 0 Å². The largest absolute Gasteiger partial charge is 0.264 e. The fraction of sp³-hybridized carbons (Fsp3) is 0.0769. The first kappa shape index (κ1) is 13.6. The van der Waals surface area contributed by atoms with Crippen LogP contribution in [0.3, 0.4) is 0 Å². The van der Waals surface area contributed by atoms with Gasteiger partial charge in [0.15, 0.2) is 0 Å². The van der Waals surface area contributed by atoms with Crippen molar-refractivity contribution < 1.29 is 17.2 Å². The van der Waals surface area contributed by atoms with Crippen LogP contribution in [0.1, 0.15) is 12.0 Å². The number of nitrogens with two attached hydrogens (primary N) is 1. The van der Waals surface area contributed by atoms with Crippen LogP contribution in [-0.4, -0.2) is 8.42 Å². The SMILES string of the molecule is NS(=O)(=O)c1ccc(-c2ccccc2C(F)F)cc1. The molecule has 3 nitrogen and oxygen atoms in total. The van der Waals surface area contributed by atoms with Crippen molar-refractivity contribution in [3.05, 3.63) is 54.1 Å². The molecule has 0 heterocycles. The van der Waals surface area contributed by atoms with Crippen LogP contribution < -0.4 is 5.14 Å². The van der Waals surface area contributed by atoms with Gasteiger partial charge in [0.25, 0.3) is 6.43 Å². The Hall–Kier alpha value is -1.79. The molecule has 0 atom stereocenters. The van der Waals surface area contributed by atoms with E-state index in [0.29, 0.717) is 11.1 Å². The lowest BCUT2D eigenvalue weighted by atomic mass is 10.0. The minimum Gasteiger partial charge on any atom is -0.225 e. The van der Waals surface area contributed by atoms with Gasteiger partial charge in [-0.25, -0.2) is 22.3 Å². The van der Waals surface area contributed by atoms with Crippen LogP contribution in [0.5, 0.6) is 0 Å². The van der Waals surface area contributed by atoms with Gasteiger partial charge in [-0.2, -0.15) is 0 Å². The molecule has 0 aliphatic rings. The molecule has 0 bridgehead atoms. The normalized spacial score (nSPS) is 11.8. The van der Waals surface area contributed by atoms with Crippen molar-refractivity contribution in [1.82, 2.24) is 0 Å². The molecule has 100 valence electrons. The van der Waals surface area contributed by atoms with Crippen molar-refractivity contribution in [2.75, 3.05) is 0 Å². The number of halogens is 2. The van der Waals surface area contributed by atoms with E-state index in [2.05, 4.69) is 0 Å². The molecule has 0 radical (unpaired) electrons. The lowest BCUT2D eigenvalue weighted by molar-refractivity contribution is 0.152. The summed E-state index contributed by atoms with van der Waals surface area (Å²) in [6, 6.07) is 11.6. The smallest absolute Gasteiger partial charge is 0.225 e. The van der Waals surface area contributed by atoms with Gasteiger partial charge in [-0.05, 0) is 23.3 Å². The number of sulfonamides is 1. The summed E-state index contributed by atoms with van der Waals surface area (Å²) in [6.07, 6.45) is -2.59. The molecule has 0 aliphatic carbocycles. The molecule has 2 N–H and O–H groups in total. The van der Waals surface area contributed by atoms with Crippen LogP contribution in [0, 0.1) is 0 Å². The second-order valence-corrected chi connectivity index (χ2v) is 5.52. The lowest BCUT2D eigenvalue weighted by Gasteiger charge is -2.09. The van der Waals surface area contributed by atoms with E-state index in [4.69, 9.17) is 5.14 Å². The maximum absolute atomic E-state index is 12.9. The molecule has 0 aliphatic heterocycles. The second-order valence-electron chi connectivity index (χ2n) is 3.96. The fourth-order valence-electron chi connectivity index (χ4n) is 1.77. The highest BCUT2D eigenvalue weighted by Gasteiger charge is 2.14. The highest BCUT2D eigenvalue weighted by molar-refractivity contribution is 7.89. The average molecular weight is 283 g/mol. The quantitative estimate of drug-likeness (QED) is 0.941. The van der Waals surface area contributed by atoms with Crippen LogP contribution in [0.2, 0.25) is 0 Å². The van der Waals surface area contributed by atoms with Gasteiger partial charge in [-0.1, -0.05) is 36.4 Å². The third-order valence-corrected chi connectivity index (χ3v) is 3.62. The van der Waals surface area contributed by atoms with E-state index in [1.807, 2.05) is 0 Å². The zero-order valence-corrected chi connectivity index (χ0v) is 10.6. The Morgan fingerprint density at radius 1 is 0.947 bits per heavy atom. The van der Waals surface area contributed by atoms with Crippen LogP contribution in [0.25, 0.3) is 11.1 Å². The zero-order chi connectivity index (χ0) is 14.0. The molecule has 19 heavy (non-hydrogen) atoms. The molecule has 0 spiro atoms. The standard InChI is InChI=1S/C13H11F2NO2S/c14-13(15)12-4-2-1-3-11(12)9-5-7-10(8-6-9)19(16,17)18/h1-8,13H,(H2,16,17,18). The van der Waals surface area contributed by atoms with Gasteiger partial charge < -0.3 is 0 Å². The summed E-state index contributed by atoms with van der Waals surface area (Å²) in [5.41, 5.74) is 0.799. The van der Waals surface area contributed by atoms with Crippen LogP contribution in [0.15, 0.2) is 53.4 Å². The van der Waals surface area contributed by atoms with Crippen molar-refractivity contribution in [2.24, 2.45) is 5.14 Å². The van der Waals surface area contributed by atoms with Crippen molar-refractivity contribution in [3.8, 4) is 11.1 Å². The molecule has 2 aromatic rings. The summed E-state index contributed by atoms with van der Waals surface area (Å²) in [4.78, 5) is -0.0502. The molecular formula is C13H11F2NO2S. The van der Waals surface area contributed by atoms with Gasteiger partial charge in [0.2, 0.25) is 10.0 Å². The van der Waals surface area contributed by atoms with Crippen molar-refractivity contribution in [2.45, 2.75) is 11.3 Å². The van der Waals surface area contributed by atoms with E-state index in [1.54, 1.807) is 12.1 Å². The number of hydrogen-bond donors (Lipinski definition) is 1. The van der Waals surface area contributed by atoms with E-state index in [0.717, 1.165) is 0 Å². The molecule has 0 unspecified atom stereocenters. The molecule has 2 rings (SSSR count). The van der Waals surface area contributed by atoms with Gasteiger partial charge in [0.05, 0.1) is 4.90 Å². The average Bonchev–Trinajstić information content (AvgIpc) is 2.38. The second kappa shape index (κ2) is 5.07. The Morgan fingerprint density at radius 3 is 2.05 bits per heavy atom. The Labute approximate surface area is 109 Å². The van der Waals surface area contributed by atoms with Crippen molar-refractivity contribution in [1.29, 1.82) is 0 Å². The topological polar surface area (TPSA) is 60.2 Å². The first-order valence-corrected chi connectivity index (χ1v) is 6.94. The van der Waals surface area contributed by atoms with Gasteiger partial charge in [-0.3, -0.25) is 0 Å². The third kappa shape index (κ3) is 2.97. The number of benzene rings is 2. The van der Waals surface area contributed by atoms with Gasteiger partial charge in [-0.15, -0.1) is 0 Å². The fourth-order valence-corrected chi connectivity index (χ4v) is 2.29. The Balaban J connectivity index is 2.49. The number of alkyl halides is 2. The van der Waals surface area contributed by atoms with Crippen LogP contribution in [-0.2, 0) is 10.0 Å². The van der Waals surface area contributed by atoms with Gasteiger partial charge >= 0.3 is 0 Å². The first-order chi connectivity index (χ1) is 8.89. The van der Waals surface area contributed by atoms with Gasteiger partial charge in [0.1, 0.15) is 0 Å². The molecule has 0 amide bonds. The highest BCUT2D eigenvalue weighted by atomic mass is 32.2. The predicted molar refractivity (Wildman–Crippen MR) is 68.2 cm³/mol. The summed E-state index contributed by atoms with van der Waals surface area (Å²) in [7, 11) is -3.78. The summed E-state index contributed by atoms with van der Waals surface area (Å²) in [5, 5.41) is 4.98. The van der Waals surface area contributed by atoms with Crippen molar-refractivity contribution in [3.63, 3.8) is 0 Å².